The Balaban J connectivity index is 1.88. The molecule has 1 fully saturated rings. The monoisotopic (exact) mass is 262 g/mol. The maximum Gasteiger partial charge on any atom is 0.0945 e. The zero-order valence-electron chi connectivity index (χ0n) is 12.7. The Bertz CT molecular complexity index is 331. The molecule has 0 N–H and O–H groups in total. The second-order valence-electron chi connectivity index (χ2n) is 6.53. The van der Waals surface area contributed by atoms with Gasteiger partial charge in [0.15, 0.2) is 0 Å². The van der Waals surface area contributed by atoms with E-state index < -0.39 is 0 Å². The molecule has 2 rings (SSSR count). The molecule has 1 aromatic heterocycles. The van der Waals surface area contributed by atoms with Crippen molar-refractivity contribution in [1.82, 2.24) is 9.55 Å². The minimum absolute atomic E-state index is 0.847. The normalized spacial score (nSPS) is 25.4. The van der Waals surface area contributed by atoms with E-state index in [1.54, 1.807) is 0 Å². The van der Waals surface area contributed by atoms with Gasteiger partial charge in [0.25, 0.3) is 0 Å². The third-order valence-corrected chi connectivity index (χ3v) is 4.92. The van der Waals surface area contributed by atoms with Gasteiger partial charge in [-0.1, -0.05) is 52.4 Å². The lowest BCUT2D eigenvalue weighted by atomic mass is 9.75. The van der Waals surface area contributed by atoms with Crippen LogP contribution in [0.2, 0.25) is 0 Å². The van der Waals surface area contributed by atoms with Crippen molar-refractivity contribution >= 4 is 0 Å². The molecule has 1 heterocycles. The highest BCUT2D eigenvalue weighted by Gasteiger charge is 2.24. The van der Waals surface area contributed by atoms with Crippen molar-refractivity contribution in [2.45, 2.75) is 71.8 Å². The highest BCUT2D eigenvalue weighted by atomic mass is 15.0. The molecule has 1 aromatic rings. The maximum absolute atomic E-state index is 4.18. The van der Waals surface area contributed by atoms with Gasteiger partial charge in [-0.25, -0.2) is 4.98 Å². The summed E-state index contributed by atoms with van der Waals surface area (Å²) in [6.45, 7) is 5.94. The number of rotatable bonds is 7. The largest absolute Gasteiger partial charge is 0.337 e. The Kier molecular flexibility index (Phi) is 5.93. The summed E-state index contributed by atoms with van der Waals surface area (Å²) < 4.78 is 2.27. The molecule has 108 valence electrons. The van der Waals surface area contributed by atoms with Crippen molar-refractivity contribution in [3.05, 3.63) is 18.7 Å². The molecular formula is C17H30N2. The molecule has 2 heteroatoms. The first kappa shape index (κ1) is 14.6. The van der Waals surface area contributed by atoms with Gasteiger partial charge in [-0.15, -0.1) is 0 Å². The molecule has 19 heavy (non-hydrogen) atoms. The van der Waals surface area contributed by atoms with Crippen LogP contribution in [0.3, 0.4) is 0 Å². The Morgan fingerprint density at radius 2 is 2.16 bits per heavy atom. The number of nitrogens with zero attached hydrogens (tertiary/aromatic N) is 2. The van der Waals surface area contributed by atoms with Crippen LogP contribution >= 0.6 is 0 Å². The second-order valence-corrected chi connectivity index (χ2v) is 6.53. The first-order chi connectivity index (χ1) is 9.29. The van der Waals surface area contributed by atoms with Gasteiger partial charge in [0.1, 0.15) is 0 Å². The van der Waals surface area contributed by atoms with Gasteiger partial charge in [-0.3, -0.25) is 0 Å². The van der Waals surface area contributed by atoms with Gasteiger partial charge < -0.3 is 4.57 Å². The third kappa shape index (κ3) is 4.67. The fourth-order valence-corrected chi connectivity index (χ4v) is 3.64. The molecule has 3 atom stereocenters. The summed E-state index contributed by atoms with van der Waals surface area (Å²) in [4.78, 5) is 4.18. The lowest BCUT2D eigenvalue weighted by Gasteiger charge is -2.32. The van der Waals surface area contributed by atoms with E-state index in [2.05, 4.69) is 29.6 Å². The topological polar surface area (TPSA) is 17.8 Å². The van der Waals surface area contributed by atoms with Crippen molar-refractivity contribution in [2.75, 3.05) is 0 Å². The summed E-state index contributed by atoms with van der Waals surface area (Å²) in [5.41, 5.74) is 0. The summed E-state index contributed by atoms with van der Waals surface area (Å²) >= 11 is 0. The minimum atomic E-state index is 0.847. The Labute approximate surface area is 118 Å². The van der Waals surface area contributed by atoms with Crippen LogP contribution in [0.5, 0.6) is 0 Å². The van der Waals surface area contributed by atoms with Gasteiger partial charge in [-0.05, 0) is 30.6 Å². The van der Waals surface area contributed by atoms with E-state index in [0.29, 0.717) is 0 Å². The lowest BCUT2D eigenvalue weighted by molar-refractivity contribution is 0.195. The number of unbranched alkanes of at least 4 members (excludes halogenated alkanes) is 1. The van der Waals surface area contributed by atoms with Gasteiger partial charge in [0.2, 0.25) is 0 Å². The first-order valence-electron chi connectivity index (χ1n) is 8.25. The van der Waals surface area contributed by atoms with E-state index in [4.69, 9.17) is 0 Å². The summed E-state index contributed by atoms with van der Waals surface area (Å²) in [6, 6.07) is 0. The molecule has 0 bridgehead atoms. The fraction of sp³-hybridized carbons (Fsp3) is 0.824. The van der Waals surface area contributed by atoms with Crippen molar-refractivity contribution in [1.29, 1.82) is 0 Å². The zero-order valence-corrected chi connectivity index (χ0v) is 12.7. The summed E-state index contributed by atoms with van der Waals surface area (Å²) in [5.74, 6) is 2.76. The predicted molar refractivity (Wildman–Crippen MR) is 81.0 cm³/mol. The molecule has 1 aliphatic rings. The molecule has 3 unspecified atom stereocenters. The van der Waals surface area contributed by atoms with Crippen molar-refractivity contribution in [2.24, 2.45) is 17.8 Å². The van der Waals surface area contributed by atoms with E-state index in [9.17, 15) is 0 Å². The molecule has 0 spiro atoms. The zero-order chi connectivity index (χ0) is 13.5. The predicted octanol–water partition coefficient (Wildman–Crippen LogP) is 4.91. The fourth-order valence-electron chi connectivity index (χ4n) is 3.64. The van der Waals surface area contributed by atoms with Crippen LogP contribution in [-0.4, -0.2) is 9.55 Å². The smallest absolute Gasteiger partial charge is 0.0945 e. The Morgan fingerprint density at radius 1 is 1.32 bits per heavy atom. The Hall–Kier alpha value is -0.790. The second kappa shape index (κ2) is 7.72. The highest BCUT2D eigenvalue weighted by Crippen LogP contribution is 2.35. The molecule has 0 saturated heterocycles. The molecular weight excluding hydrogens is 232 g/mol. The van der Waals surface area contributed by atoms with Crippen LogP contribution in [0.4, 0.5) is 0 Å². The summed E-state index contributed by atoms with van der Waals surface area (Å²) in [5, 5.41) is 0. The van der Waals surface area contributed by atoms with Gasteiger partial charge in [-0.2, -0.15) is 0 Å². The molecule has 0 aromatic carbocycles. The SMILES string of the molecule is CCCCC(CC1CCCCC1C)Cn1ccnc1. The Morgan fingerprint density at radius 3 is 2.84 bits per heavy atom. The third-order valence-electron chi connectivity index (χ3n) is 4.92. The number of hydrogen-bond donors (Lipinski definition) is 0. The average Bonchev–Trinajstić information content (AvgIpc) is 2.91. The maximum atomic E-state index is 4.18. The lowest BCUT2D eigenvalue weighted by Crippen LogP contribution is -2.22. The van der Waals surface area contributed by atoms with Crippen LogP contribution in [-0.2, 0) is 6.54 Å². The highest BCUT2D eigenvalue weighted by molar-refractivity contribution is 4.79. The molecule has 2 nitrogen and oxygen atoms in total. The van der Waals surface area contributed by atoms with E-state index >= 15 is 0 Å². The van der Waals surface area contributed by atoms with Crippen LogP contribution in [0, 0.1) is 17.8 Å². The molecule has 0 amide bonds. The van der Waals surface area contributed by atoms with Crippen molar-refractivity contribution < 1.29 is 0 Å². The standard InChI is InChI=1S/C17H30N2/c1-3-4-8-16(13-19-11-10-18-14-19)12-17-9-6-5-7-15(17)2/h10-11,14-17H,3-9,12-13H2,1-2H3. The van der Waals surface area contributed by atoms with E-state index in [1.165, 1.54) is 57.9 Å². The number of aromatic nitrogens is 2. The van der Waals surface area contributed by atoms with Crippen LogP contribution in [0.15, 0.2) is 18.7 Å². The number of imidazole rings is 1. The number of hydrogen-bond acceptors (Lipinski definition) is 1. The van der Waals surface area contributed by atoms with E-state index in [-0.39, 0.29) is 0 Å². The summed E-state index contributed by atoms with van der Waals surface area (Å²) in [6.07, 6.45) is 17.3. The van der Waals surface area contributed by atoms with Crippen LogP contribution < -0.4 is 0 Å². The molecule has 1 aliphatic carbocycles. The first-order valence-corrected chi connectivity index (χ1v) is 8.25. The van der Waals surface area contributed by atoms with Crippen LogP contribution in [0.1, 0.15) is 65.2 Å². The van der Waals surface area contributed by atoms with Crippen molar-refractivity contribution in [3.8, 4) is 0 Å². The van der Waals surface area contributed by atoms with Gasteiger partial charge in [0, 0.05) is 18.9 Å². The molecule has 0 aliphatic heterocycles. The average molecular weight is 262 g/mol. The molecule has 0 radical (unpaired) electrons. The quantitative estimate of drug-likeness (QED) is 0.683. The van der Waals surface area contributed by atoms with Crippen molar-refractivity contribution in [3.63, 3.8) is 0 Å². The van der Waals surface area contributed by atoms with Crippen LogP contribution in [0.25, 0.3) is 0 Å². The van der Waals surface area contributed by atoms with Gasteiger partial charge in [0.05, 0.1) is 6.33 Å². The molecule has 1 saturated carbocycles. The van der Waals surface area contributed by atoms with Gasteiger partial charge >= 0.3 is 0 Å². The van der Waals surface area contributed by atoms with E-state index in [0.717, 1.165) is 17.8 Å². The van der Waals surface area contributed by atoms with E-state index in [1.807, 2.05) is 12.5 Å². The summed E-state index contributed by atoms with van der Waals surface area (Å²) in [7, 11) is 0. The minimum Gasteiger partial charge on any atom is -0.337 e.